The first-order valence-corrected chi connectivity index (χ1v) is 28.8. The topological polar surface area (TPSA) is 15.8 Å². The second-order valence-corrected chi connectivity index (χ2v) is 22.2. The van der Waals surface area contributed by atoms with E-state index in [0.29, 0.717) is 0 Å². The van der Waals surface area contributed by atoms with Crippen molar-refractivity contribution in [3.05, 3.63) is 307 Å². The van der Waals surface area contributed by atoms with E-state index in [2.05, 4.69) is 304 Å². The molecule has 2 aliphatic carbocycles. The van der Waals surface area contributed by atoms with Gasteiger partial charge in [0.2, 0.25) is 0 Å². The second kappa shape index (κ2) is 18.6. The summed E-state index contributed by atoms with van der Waals surface area (Å²) in [6.45, 7) is 0. The average molecular weight is 1050 g/mol. The molecule has 0 bridgehead atoms. The standard InChI is InChI=1S/C78H54N4/c1-7-23-51(24-8-1)55-43-45-59(53-27-11-3-12-28-53)71(47-55)79(57-31-15-5-16-32-57)67-39-21-41-69-75(67)63-37-19-35-61-65-50-74-66(49-73(65)81(69)77(61)63)62-36-20-38-64-76-68(40-22-42-70(76)82(74)78(62)64)80(58-33-17-6-18-34-58)72-48-56(52-25-9-2-10-26-52)44-46-60(72)54-29-13-4-14-30-54/h1-21,23-41,43-49,65H,22,42,50H2. The normalized spacial score (nSPS) is 14.2. The van der Waals surface area contributed by atoms with Crippen LogP contribution in [0.3, 0.4) is 0 Å². The number of fused-ring (bicyclic) bond motifs is 12. The van der Waals surface area contributed by atoms with Gasteiger partial charge in [0.15, 0.2) is 0 Å². The van der Waals surface area contributed by atoms with Crippen molar-refractivity contribution >= 4 is 84.0 Å². The van der Waals surface area contributed by atoms with Gasteiger partial charge in [-0.1, -0.05) is 231 Å². The fourth-order valence-corrected chi connectivity index (χ4v) is 14.4. The molecule has 11 aromatic carbocycles. The third-order valence-electron chi connectivity index (χ3n) is 17.8. The molecule has 82 heavy (non-hydrogen) atoms. The zero-order valence-corrected chi connectivity index (χ0v) is 45.1. The molecule has 0 fully saturated rings. The summed E-state index contributed by atoms with van der Waals surface area (Å²) in [5, 5.41) is 5.17. The van der Waals surface area contributed by atoms with Crippen LogP contribution in [-0.2, 0) is 12.8 Å². The van der Waals surface area contributed by atoms with E-state index in [-0.39, 0.29) is 5.92 Å². The van der Waals surface area contributed by atoms with Crippen LogP contribution >= 0.6 is 0 Å². The maximum absolute atomic E-state index is 2.72. The number of nitrogens with zero attached hydrogens (tertiary/aromatic N) is 4. The van der Waals surface area contributed by atoms with Crippen molar-refractivity contribution in [2.75, 3.05) is 9.80 Å². The number of hydrogen-bond donors (Lipinski definition) is 0. The number of aromatic nitrogens is 2. The third-order valence-corrected chi connectivity index (χ3v) is 17.8. The summed E-state index contributed by atoms with van der Waals surface area (Å²) in [7, 11) is 0. The molecule has 1 unspecified atom stereocenters. The lowest BCUT2D eigenvalue weighted by molar-refractivity contribution is 0.786. The fourth-order valence-electron chi connectivity index (χ4n) is 14.4. The van der Waals surface area contributed by atoms with Crippen molar-refractivity contribution < 1.29 is 0 Å². The molecule has 0 N–H and O–H groups in total. The van der Waals surface area contributed by atoms with E-state index in [1.165, 1.54) is 122 Å². The minimum absolute atomic E-state index is 0.193. The quantitative estimate of drug-likeness (QED) is 0.136. The summed E-state index contributed by atoms with van der Waals surface area (Å²) in [6, 6.07) is 101. The zero-order valence-electron chi connectivity index (χ0n) is 45.1. The highest BCUT2D eigenvalue weighted by Crippen LogP contribution is 2.56. The Labute approximate surface area is 477 Å². The zero-order chi connectivity index (χ0) is 53.8. The molecule has 3 aliphatic rings. The number of anilines is 5. The van der Waals surface area contributed by atoms with E-state index >= 15 is 0 Å². The van der Waals surface area contributed by atoms with Crippen molar-refractivity contribution in [2.45, 2.75) is 25.2 Å². The van der Waals surface area contributed by atoms with Gasteiger partial charge in [-0.2, -0.15) is 0 Å². The summed E-state index contributed by atoms with van der Waals surface area (Å²) in [4.78, 5) is 5.07. The van der Waals surface area contributed by atoms with Gasteiger partial charge < -0.3 is 18.8 Å². The second-order valence-electron chi connectivity index (χ2n) is 22.2. The van der Waals surface area contributed by atoms with Crippen molar-refractivity contribution in [3.63, 3.8) is 0 Å². The van der Waals surface area contributed by atoms with Gasteiger partial charge in [0.1, 0.15) is 0 Å². The Balaban J connectivity index is 0.848. The molecule has 0 amide bonds. The fraction of sp³-hybridized carbons (Fsp3) is 0.0513. The molecular weight excluding hydrogens is 993 g/mol. The maximum atomic E-state index is 2.72. The molecule has 0 radical (unpaired) electrons. The van der Waals surface area contributed by atoms with Crippen molar-refractivity contribution in [1.29, 1.82) is 0 Å². The minimum atomic E-state index is 0.193. The van der Waals surface area contributed by atoms with Crippen LogP contribution in [0.4, 0.5) is 28.4 Å². The maximum Gasteiger partial charge on any atom is 0.0614 e. The summed E-state index contributed by atoms with van der Waals surface area (Å²) in [6.07, 6.45) is 7.90. The third kappa shape index (κ3) is 7.04. The molecule has 4 nitrogen and oxygen atoms in total. The Morgan fingerprint density at radius 2 is 0.915 bits per heavy atom. The number of aryl methyl sites for hydroxylation is 1. The number of benzene rings is 11. The molecule has 0 spiro atoms. The Bertz CT molecular complexity index is 4860. The Hall–Kier alpha value is -10.4. The molecule has 0 saturated carbocycles. The van der Waals surface area contributed by atoms with Gasteiger partial charge in [0.25, 0.3) is 0 Å². The molecule has 14 aromatic rings. The van der Waals surface area contributed by atoms with E-state index in [9.17, 15) is 0 Å². The summed E-state index contributed by atoms with van der Waals surface area (Å²) in [5.74, 6) is 0.193. The highest BCUT2D eigenvalue weighted by molar-refractivity contribution is 6.21. The first-order chi connectivity index (χ1) is 40.7. The largest absolute Gasteiger partial charge is 0.315 e. The van der Waals surface area contributed by atoms with Crippen molar-refractivity contribution in [2.24, 2.45) is 0 Å². The van der Waals surface area contributed by atoms with Gasteiger partial charge >= 0.3 is 0 Å². The number of hydrogen-bond acceptors (Lipinski definition) is 2. The molecule has 3 aromatic heterocycles. The number of allylic oxidation sites excluding steroid dienone is 2. The Morgan fingerprint density at radius 3 is 1.54 bits per heavy atom. The van der Waals surface area contributed by atoms with Crippen LogP contribution in [0, 0.1) is 0 Å². The Kier molecular flexibility index (Phi) is 10.5. The molecule has 4 heteroatoms. The van der Waals surface area contributed by atoms with Gasteiger partial charge in [-0.25, -0.2) is 0 Å². The monoisotopic (exact) mass is 1050 g/mol. The predicted octanol–water partition coefficient (Wildman–Crippen LogP) is 20.6. The SMILES string of the molecule is C1=C(N(c2ccccc2)c2cc(-c3ccccc3)ccc2-c2ccccc2)c2c(n3c4c(c5cccc2c53)C=C2C(C4)c3cccc4c5c(N(c6ccccc6)c6cc(-c7ccccc7)ccc6-c6ccccc6)cccc5n2c34)CC1. The van der Waals surface area contributed by atoms with E-state index in [0.717, 1.165) is 47.7 Å². The lowest BCUT2D eigenvalue weighted by atomic mass is 9.85. The first-order valence-electron chi connectivity index (χ1n) is 28.8. The highest BCUT2D eigenvalue weighted by atomic mass is 15.2. The lowest BCUT2D eigenvalue weighted by Crippen LogP contribution is -2.20. The number of para-hydroxylation sites is 4. The van der Waals surface area contributed by atoms with Crippen LogP contribution < -0.4 is 9.80 Å². The molecule has 0 saturated heterocycles. The van der Waals surface area contributed by atoms with Gasteiger partial charge in [-0.15, -0.1) is 0 Å². The van der Waals surface area contributed by atoms with Crippen molar-refractivity contribution in [1.82, 2.24) is 8.97 Å². The van der Waals surface area contributed by atoms with Crippen LogP contribution in [0.5, 0.6) is 0 Å². The van der Waals surface area contributed by atoms with Crippen molar-refractivity contribution in [3.8, 4) is 44.5 Å². The van der Waals surface area contributed by atoms with Gasteiger partial charge in [-0.3, -0.25) is 0 Å². The lowest BCUT2D eigenvalue weighted by Gasteiger charge is -2.33. The van der Waals surface area contributed by atoms with Gasteiger partial charge in [0.05, 0.1) is 39.3 Å². The van der Waals surface area contributed by atoms with Crippen LogP contribution in [0.2, 0.25) is 0 Å². The first kappa shape index (κ1) is 46.5. The minimum Gasteiger partial charge on any atom is -0.315 e. The molecule has 386 valence electrons. The van der Waals surface area contributed by atoms with E-state index in [1.807, 2.05) is 0 Å². The molecule has 4 heterocycles. The highest BCUT2D eigenvalue weighted by Gasteiger charge is 2.40. The van der Waals surface area contributed by atoms with E-state index < -0.39 is 0 Å². The van der Waals surface area contributed by atoms with Crippen LogP contribution in [0.25, 0.3) is 100 Å². The van der Waals surface area contributed by atoms with E-state index in [1.54, 1.807) is 0 Å². The van der Waals surface area contributed by atoms with Crippen LogP contribution in [0.1, 0.15) is 40.4 Å². The number of rotatable bonds is 10. The summed E-state index contributed by atoms with van der Waals surface area (Å²) >= 11 is 0. The van der Waals surface area contributed by atoms with Crippen LogP contribution in [0.15, 0.2) is 279 Å². The molecular formula is C78H54N4. The predicted molar refractivity (Wildman–Crippen MR) is 344 cm³/mol. The smallest absolute Gasteiger partial charge is 0.0614 e. The summed E-state index contributed by atoms with van der Waals surface area (Å²) < 4.78 is 5.35. The van der Waals surface area contributed by atoms with E-state index in [4.69, 9.17) is 0 Å². The van der Waals surface area contributed by atoms with Crippen LogP contribution in [-0.4, -0.2) is 8.97 Å². The van der Waals surface area contributed by atoms with Gasteiger partial charge in [-0.05, 0) is 106 Å². The average Bonchev–Trinajstić information content (AvgIpc) is 2.23. The Morgan fingerprint density at radius 1 is 0.390 bits per heavy atom. The molecule has 17 rings (SSSR count). The summed E-state index contributed by atoms with van der Waals surface area (Å²) in [5.41, 5.74) is 28.6. The molecule has 1 atom stereocenters. The van der Waals surface area contributed by atoms with Gasteiger partial charge in [0, 0.05) is 84.6 Å². The molecule has 1 aliphatic heterocycles.